The summed E-state index contributed by atoms with van der Waals surface area (Å²) in [5, 5.41) is 0. The van der Waals surface area contributed by atoms with E-state index in [-0.39, 0.29) is 47.9 Å². The van der Waals surface area contributed by atoms with Crippen LogP contribution in [0.5, 0.6) is 0 Å². The molecule has 0 aliphatic heterocycles. The Labute approximate surface area is 164 Å². The first-order valence-corrected chi connectivity index (χ1v) is 8.69. The van der Waals surface area contributed by atoms with Crippen molar-refractivity contribution in [3.63, 3.8) is 0 Å². The van der Waals surface area contributed by atoms with Crippen LogP contribution >= 0.6 is 23.5 Å². The van der Waals surface area contributed by atoms with Gasteiger partial charge in [-0.1, -0.05) is 48.0 Å². The minimum Gasteiger partial charge on any atom is -0.337 e. The Bertz CT molecular complexity index is 372. The molecule has 1 aromatic rings. The summed E-state index contributed by atoms with van der Waals surface area (Å²) in [6.45, 7) is 13.8. The van der Waals surface area contributed by atoms with E-state index >= 15 is 0 Å². The molecule has 0 unspecified atom stereocenters. The summed E-state index contributed by atoms with van der Waals surface area (Å²) < 4.78 is 1.81. The predicted molar refractivity (Wildman–Crippen MR) is 91.5 cm³/mol. The fourth-order valence-electron chi connectivity index (χ4n) is 1.86. The van der Waals surface area contributed by atoms with Crippen molar-refractivity contribution in [1.29, 1.82) is 0 Å². The molecule has 0 saturated heterocycles. The summed E-state index contributed by atoms with van der Waals surface area (Å²) in [6, 6.07) is 11.7. The number of hydrogen-bond donors (Lipinski definition) is 0. The average molecular weight is 308 g/mol. The third-order valence-corrected chi connectivity index (χ3v) is 5.69. The second-order valence-electron chi connectivity index (χ2n) is 6.38. The molecule has 21 heavy (non-hydrogen) atoms. The smallest absolute Gasteiger partial charge is 0.337 e. The maximum absolute atomic E-state index is 3.35. The van der Waals surface area contributed by atoms with E-state index in [1.54, 1.807) is 4.58 Å². The molecule has 0 spiro atoms. The fraction of sp³-hybridized carbons (Fsp3) is 0.588. The van der Waals surface area contributed by atoms with Gasteiger partial charge in [-0.05, 0) is 10.5 Å². The van der Waals surface area contributed by atoms with Crippen molar-refractivity contribution in [2.45, 2.75) is 52.7 Å². The summed E-state index contributed by atoms with van der Waals surface area (Å²) in [4.78, 5) is 0. The Kier molecular flexibility index (Phi) is 12.5. The van der Waals surface area contributed by atoms with Crippen molar-refractivity contribution in [3.8, 4) is 0 Å². The van der Waals surface area contributed by atoms with Gasteiger partial charge in [0.05, 0.1) is 0 Å². The first kappa shape index (κ1) is 24.4. The Morgan fingerprint density at radius 2 is 1.71 bits per heavy atom. The summed E-state index contributed by atoms with van der Waals surface area (Å²) >= 11 is 4.01. The van der Waals surface area contributed by atoms with Crippen LogP contribution in [-0.2, 0) is 6.42 Å². The number of benzene rings is 1. The third kappa shape index (κ3) is 9.76. The zero-order valence-electron chi connectivity index (χ0n) is 15.0. The van der Waals surface area contributed by atoms with Gasteiger partial charge in [-0.3, -0.25) is 0 Å². The van der Waals surface area contributed by atoms with Gasteiger partial charge in [-0.25, -0.2) is 0 Å². The Balaban J connectivity index is 0. The molecule has 0 fully saturated rings. The quantitative estimate of drug-likeness (QED) is 0.529. The number of hydrogen-bond acceptors (Lipinski definition) is 2. The molecule has 1 aromatic carbocycles. The van der Waals surface area contributed by atoms with Gasteiger partial charge in [0.25, 0.3) is 0 Å². The summed E-state index contributed by atoms with van der Waals surface area (Å²) in [7, 11) is 0. The standard InChI is InChI=1S/C17H26S2.2Li/c1-7-18-15(19-16(2,3)4)17(5,6)13-14-11-9-8-10-12-14;;/h8-11H,7,13H2,1-6H3;;/q-2;2*+1. The van der Waals surface area contributed by atoms with Crippen LogP contribution in [0.15, 0.2) is 24.3 Å². The Hall–Kier alpha value is 1.11. The largest absolute Gasteiger partial charge is 1.00 e. The van der Waals surface area contributed by atoms with Crippen LogP contribution in [0.25, 0.3) is 0 Å². The minimum absolute atomic E-state index is 0. The number of rotatable bonds is 6. The van der Waals surface area contributed by atoms with Gasteiger partial charge >= 0.3 is 37.7 Å². The van der Waals surface area contributed by atoms with E-state index in [1.165, 1.54) is 5.56 Å². The second-order valence-corrected chi connectivity index (χ2v) is 9.75. The molecule has 0 nitrogen and oxygen atoms in total. The molecule has 4 heteroatoms. The molecule has 0 heterocycles. The van der Waals surface area contributed by atoms with Gasteiger partial charge in [0.15, 0.2) is 0 Å². The maximum atomic E-state index is 3.35. The maximum Gasteiger partial charge on any atom is 1.00 e. The molecule has 0 aliphatic carbocycles. The molecule has 0 N–H and O–H groups in total. The first-order valence-electron chi connectivity index (χ1n) is 6.89. The van der Waals surface area contributed by atoms with E-state index in [2.05, 4.69) is 59.7 Å². The van der Waals surface area contributed by atoms with Crippen LogP contribution < -0.4 is 37.7 Å². The molecule has 0 saturated carbocycles. The van der Waals surface area contributed by atoms with Crippen LogP contribution in [0, 0.1) is 16.1 Å². The van der Waals surface area contributed by atoms with Gasteiger partial charge in [0.1, 0.15) is 0 Å². The SMILES string of the molecule is CCS[C-](SC(C)(C)C)C(C)(C)Cc1[c-]cccc1.[Li+].[Li+]. The van der Waals surface area contributed by atoms with E-state index in [4.69, 9.17) is 0 Å². The second kappa shape index (κ2) is 10.8. The Morgan fingerprint density at radius 1 is 1.10 bits per heavy atom. The number of thioether (sulfide) groups is 2. The van der Waals surface area contributed by atoms with Crippen LogP contribution in [0.4, 0.5) is 0 Å². The zero-order valence-corrected chi connectivity index (χ0v) is 16.7. The molecular weight excluding hydrogens is 282 g/mol. The van der Waals surface area contributed by atoms with Crippen LogP contribution in [-0.4, -0.2) is 10.5 Å². The van der Waals surface area contributed by atoms with Crippen molar-refractivity contribution in [2.75, 3.05) is 5.75 Å². The fourth-order valence-corrected chi connectivity index (χ4v) is 4.83. The van der Waals surface area contributed by atoms with Crippen molar-refractivity contribution in [2.24, 2.45) is 5.41 Å². The van der Waals surface area contributed by atoms with Crippen molar-refractivity contribution < 1.29 is 37.7 Å². The molecule has 1 rings (SSSR count). The van der Waals surface area contributed by atoms with Crippen molar-refractivity contribution >= 4 is 23.5 Å². The van der Waals surface area contributed by atoms with Crippen molar-refractivity contribution in [1.82, 2.24) is 0 Å². The van der Waals surface area contributed by atoms with Crippen molar-refractivity contribution in [3.05, 3.63) is 40.5 Å². The van der Waals surface area contributed by atoms with E-state index in [0.29, 0.717) is 0 Å². The van der Waals surface area contributed by atoms with Crippen LogP contribution in [0.2, 0.25) is 0 Å². The molecule has 0 radical (unpaired) electrons. The van der Waals surface area contributed by atoms with Gasteiger partial charge < -0.3 is 23.5 Å². The van der Waals surface area contributed by atoms with E-state index in [1.807, 2.05) is 35.7 Å². The molecule has 108 valence electrons. The van der Waals surface area contributed by atoms with E-state index in [0.717, 1.165) is 12.2 Å². The summed E-state index contributed by atoms with van der Waals surface area (Å²) in [5.74, 6) is 1.14. The van der Waals surface area contributed by atoms with Crippen LogP contribution in [0.1, 0.15) is 47.1 Å². The van der Waals surface area contributed by atoms with Crippen LogP contribution in [0.3, 0.4) is 0 Å². The molecule has 0 atom stereocenters. The summed E-state index contributed by atoms with van der Waals surface area (Å²) in [6.07, 6.45) is 1.05. The minimum atomic E-state index is 0. The topological polar surface area (TPSA) is 0 Å². The van der Waals surface area contributed by atoms with Gasteiger partial charge in [-0.15, -0.1) is 5.41 Å². The van der Waals surface area contributed by atoms with E-state index < -0.39 is 0 Å². The van der Waals surface area contributed by atoms with Gasteiger partial charge in [0, 0.05) is 0 Å². The average Bonchev–Trinajstić information content (AvgIpc) is 2.27. The molecule has 0 amide bonds. The normalized spacial score (nSPS) is 11.8. The zero-order chi connectivity index (χ0) is 14.5. The summed E-state index contributed by atoms with van der Waals surface area (Å²) in [5.41, 5.74) is 1.49. The predicted octanol–water partition coefficient (Wildman–Crippen LogP) is -0.162. The third-order valence-electron chi connectivity index (χ3n) is 2.63. The Morgan fingerprint density at radius 3 is 2.14 bits per heavy atom. The monoisotopic (exact) mass is 308 g/mol. The molecular formula is C17H26Li2S2. The molecule has 0 aromatic heterocycles. The molecule has 0 bridgehead atoms. The first-order chi connectivity index (χ1) is 8.74. The van der Waals surface area contributed by atoms with Gasteiger partial charge in [-0.2, -0.15) is 40.5 Å². The molecule has 0 aliphatic rings. The van der Waals surface area contributed by atoms with Gasteiger partial charge in [0.2, 0.25) is 0 Å². The van der Waals surface area contributed by atoms with E-state index in [9.17, 15) is 0 Å².